The number of rotatable bonds is 71. The molecule has 0 aliphatic heterocycles. The molecule has 0 aliphatic rings. The van der Waals surface area contributed by atoms with Gasteiger partial charge < -0.3 is 27.9 Å². The summed E-state index contributed by atoms with van der Waals surface area (Å²) in [7, 11) is 1.19. The smallest absolute Gasteiger partial charge is 0.306 e. The maximum atomic E-state index is 12.9. The average Bonchev–Trinajstić information content (AvgIpc) is 3.68. The molecule has 0 bridgehead atoms. The Morgan fingerprint density at radius 2 is 0.648 bits per heavy atom. The van der Waals surface area contributed by atoms with Crippen LogP contribution >= 0.6 is 7.82 Å². The van der Waals surface area contributed by atoms with Gasteiger partial charge in [-0.25, -0.2) is 0 Å². The van der Waals surface area contributed by atoms with E-state index in [1.165, 1.54) is 276 Å². The van der Waals surface area contributed by atoms with Gasteiger partial charge in [-0.1, -0.05) is 364 Å². The summed E-state index contributed by atoms with van der Waals surface area (Å²) in [6.45, 7) is 4.20. The average molecular weight is 1260 g/mol. The number of nitrogens with zero attached hydrogens (tertiary/aromatic N) is 1. The Kier molecular flexibility index (Phi) is 67.3. The van der Waals surface area contributed by atoms with E-state index >= 15 is 0 Å². The molecule has 0 heterocycles. The van der Waals surface area contributed by atoms with E-state index in [0.29, 0.717) is 17.4 Å². The van der Waals surface area contributed by atoms with E-state index in [1.54, 1.807) is 0 Å². The van der Waals surface area contributed by atoms with Gasteiger partial charge in [-0.05, 0) is 57.8 Å². The monoisotopic (exact) mass is 1260 g/mol. The Morgan fingerprint density at radius 3 is 0.966 bits per heavy atom. The Balaban J connectivity index is 3.92. The Labute approximate surface area is 546 Å². The van der Waals surface area contributed by atoms with Gasteiger partial charge in [0.2, 0.25) is 0 Å². The van der Waals surface area contributed by atoms with Gasteiger partial charge >= 0.3 is 11.9 Å². The summed E-state index contributed by atoms with van der Waals surface area (Å²) in [4.78, 5) is 38.1. The minimum absolute atomic E-state index is 0.0278. The summed E-state index contributed by atoms with van der Waals surface area (Å²) in [6, 6.07) is 0. The summed E-state index contributed by atoms with van der Waals surface area (Å²) < 4.78 is 34.4. The second-order valence-corrected chi connectivity index (χ2v) is 28.4. The van der Waals surface area contributed by atoms with Crippen LogP contribution in [0.2, 0.25) is 0 Å². The van der Waals surface area contributed by atoms with E-state index in [9.17, 15) is 19.0 Å². The van der Waals surface area contributed by atoms with E-state index in [0.717, 1.165) is 64.2 Å². The fourth-order valence-corrected chi connectivity index (χ4v) is 12.0. The first-order valence-corrected chi connectivity index (χ1v) is 39.5. The quantitative estimate of drug-likeness (QED) is 0.0195. The van der Waals surface area contributed by atoms with Crippen LogP contribution < -0.4 is 4.89 Å². The molecule has 0 fully saturated rings. The molecule has 10 heteroatoms. The zero-order valence-corrected chi connectivity index (χ0v) is 59.8. The first kappa shape index (κ1) is 85.7. The number of ether oxygens (including phenoxy) is 2. The Morgan fingerprint density at radius 1 is 0.364 bits per heavy atom. The molecule has 0 saturated heterocycles. The van der Waals surface area contributed by atoms with Gasteiger partial charge in [-0.2, -0.15) is 0 Å². The summed E-state index contributed by atoms with van der Waals surface area (Å²) in [5.41, 5.74) is 0. The summed E-state index contributed by atoms with van der Waals surface area (Å²) >= 11 is 0. The molecule has 0 aromatic rings. The molecule has 0 rings (SSSR count). The van der Waals surface area contributed by atoms with Crippen molar-refractivity contribution in [3.63, 3.8) is 0 Å². The molecule has 0 aromatic heterocycles. The summed E-state index contributed by atoms with van der Waals surface area (Å²) in [5, 5.41) is 0. The van der Waals surface area contributed by atoms with Crippen molar-refractivity contribution < 1.29 is 42.1 Å². The van der Waals surface area contributed by atoms with Crippen LogP contribution in [0.4, 0.5) is 0 Å². The number of phosphoric ester groups is 1. The van der Waals surface area contributed by atoms with Crippen molar-refractivity contribution in [3.8, 4) is 0 Å². The number of quaternary nitrogens is 1. The van der Waals surface area contributed by atoms with Crippen molar-refractivity contribution >= 4 is 19.8 Å². The molecule has 516 valence electrons. The van der Waals surface area contributed by atoms with Gasteiger partial charge in [-0.3, -0.25) is 14.2 Å². The fourth-order valence-electron chi connectivity index (χ4n) is 11.3. The largest absolute Gasteiger partial charge is 0.756 e. The van der Waals surface area contributed by atoms with Crippen molar-refractivity contribution in [3.05, 3.63) is 60.8 Å². The van der Waals surface area contributed by atoms with Crippen molar-refractivity contribution in [1.82, 2.24) is 0 Å². The van der Waals surface area contributed by atoms with Crippen LogP contribution in [-0.4, -0.2) is 70.0 Å². The number of carbonyl (C=O) groups is 2. The van der Waals surface area contributed by atoms with E-state index in [2.05, 4.69) is 74.6 Å². The highest BCUT2D eigenvalue weighted by Gasteiger charge is 2.22. The number of allylic oxidation sites excluding steroid dienone is 10. The first-order valence-electron chi connectivity index (χ1n) is 38.0. The van der Waals surface area contributed by atoms with Crippen LogP contribution in [0.5, 0.6) is 0 Å². The topological polar surface area (TPSA) is 111 Å². The highest BCUT2D eigenvalue weighted by atomic mass is 31.2. The molecule has 0 spiro atoms. The molecule has 2 unspecified atom stereocenters. The van der Waals surface area contributed by atoms with E-state index in [4.69, 9.17) is 18.5 Å². The number of hydrogen-bond donors (Lipinski definition) is 0. The zero-order valence-electron chi connectivity index (χ0n) is 58.9. The van der Waals surface area contributed by atoms with Crippen molar-refractivity contribution in [2.75, 3.05) is 47.5 Å². The molecule has 0 aromatic carbocycles. The van der Waals surface area contributed by atoms with Gasteiger partial charge in [0.25, 0.3) is 7.82 Å². The van der Waals surface area contributed by atoms with Crippen LogP contribution in [0.3, 0.4) is 0 Å². The third-order valence-electron chi connectivity index (χ3n) is 17.1. The van der Waals surface area contributed by atoms with Crippen LogP contribution in [0.15, 0.2) is 60.8 Å². The van der Waals surface area contributed by atoms with Crippen molar-refractivity contribution in [2.24, 2.45) is 0 Å². The second-order valence-electron chi connectivity index (χ2n) is 27.0. The van der Waals surface area contributed by atoms with E-state index in [1.807, 2.05) is 21.1 Å². The van der Waals surface area contributed by atoms with Crippen LogP contribution in [0.1, 0.15) is 373 Å². The van der Waals surface area contributed by atoms with Gasteiger partial charge in [0.05, 0.1) is 27.7 Å². The number of likely N-dealkylation sites (N-methyl/N-ethyl adjacent to an activating group) is 1. The maximum absolute atomic E-state index is 12.9. The van der Waals surface area contributed by atoms with Crippen LogP contribution in [0.25, 0.3) is 0 Å². The molecule has 0 radical (unpaired) electrons. The number of carbonyl (C=O) groups excluding carboxylic acids is 2. The van der Waals surface area contributed by atoms with Crippen molar-refractivity contribution in [1.29, 1.82) is 0 Å². The Bertz CT molecular complexity index is 1670. The molecule has 9 nitrogen and oxygen atoms in total. The van der Waals surface area contributed by atoms with E-state index in [-0.39, 0.29) is 32.0 Å². The summed E-state index contributed by atoms with van der Waals surface area (Å²) in [6.07, 6.45) is 91.9. The molecule has 0 amide bonds. The van der Waals surface area contributed by atoms with Gasteiger partial charge in [-0.15, -0.1) is 0 Å². The molecule has 88 heavy (non-hydrogen) atoms. The van der Waals surface area contributed by atoms with Gasteiger partial charge in [0.15, 0.2) is 6.10 Å². The van der Waals surface area contributed by atoms with Crippen LogP contribution in [0, 0.1) is 0 Å². The standard InChI is InChI=1S/C78H146NO8P/c1-6-8-10-12-14-16-18-20-22-24-26-28-30-32-33-34-35-36-37-38-39-40-41-42-43-44-45-47-49-51-53-55-57-59-61-63-65-67-69-71-78(81)87-76(75-86-88(82,83)85-73-72-79(3,4)5)74-84-77(80)70-68-66-64-62-60-58-56-54-52-50-48-46-31-29-27-25-23-21-19-17-15-13-11-9-7-2/h8,10,14,16,20,22,26,28,32-33,76H,6-7,9,11-13,15,17-19,21,23-25,27,29-31,34-75H2,1-5H3/b10-8-,16-14-,22-20-,28-26-,33-32-. The normalized spacial score (nSPS) is 13.4. The lowest BCUT2D eigenvalue weighted by Gasteiger charge is -2.28. The SMILES string of the molecule is CC/C=C\C/C=C\C/C=C\C/C=C\C/C=C\CCCCCCCCCCCCCCCCCCCCCCCCCC(=O)OC(COC(=O)CCCCCCCCCCCCCCCCCCCCCCCCCCC)COP(=O)([O-])OCC[N+](C)(C)C. The molecular weight excluding hydrogens is 1110 g/mol. The third kappa shape index (κ3) is 72.8. The summed E-state index contributed by atoms with van der Waals surface area (Å²) in [5.74, 6) is -0.809. The predicted octanol–water partition coefficient (Wildman–Crippen LogP) is 24.3. The molecular formula is C78H146NO8P. The van der Waals surface area contributed by atoms with Gasteiger partial charge in [0, 0.05) is 12.8 Å². The van der Waals surface area contributed by atoms with Crippen molar-refractivity contribution in [2.45, 2.75) is 380 Å². The number of esters is 2. The highest BCUT2D eigenvalue weighted by molar-refractivity contribution is 7.45. The van der Waals surface area contributed by atoms with E-state index < -0.39 is 26.5 Å². The lowest BCUT2D eigenvalue weighted by atomic mass is 10.0. The predicted molar refractivity (Wildman–Crippen MR) is 379 cm³/mol. The van der Waals surface area contributed by atoms with Gasteiger partial charge in [0.1, 0.15) is 19.8 Å². The highest BCUT2D eigenvalue weighted by Crippen LogP contribution is 2.38. The first-order chi connectivity index (χ1) is 43.0. The van der Waals surface area contributed by atoms with Crippen LogP contribution in [-0.2, 0) is 32.7 Å². The third-order valence-corrected chi connectivity index (χ3v) is 18.0. The molecule has 0 aliphatic carbocycles. The zero-order chi connectivity index (χ0) is 64.1. The molecule has 0 saturated carbocycles. The minimum atomic E-state index is -4.64. The number of phosphoric acid groups is 1. The fraction of sp³-hybridized carbons (Fsp3) is 0.846. The lowest BCUT2D eigenvalue weighted by Crippen LogP contribution is -2.37. The second kappa shape index (κ2) is 69.1. The molecule has 2 atom stereocenters. The number of hydrogen-bond acceptors (Lipinski definition) is 8. The number of unbranched alkanes of at least 4 members (excludes halogenated alkanes) is 47. The Hall–Kier alpha value is -2.29. The molecule has 0 N–H and O–H groups in total. The minimum Gasteiger partial charge on any atom is -0.756 e. The lowest BCUT2D eigenvalue weighted by molar-refractivity contribution is -0.870. The maximum Gasteiger partial charge on any atom is 0.306 e.